The molecule has 0 aliphatic heterocycles. The van der Waals surface area contributed by atoms with Crippen molar-refractivity contribution in [2.24, 2.45) is 0 Å². The van der Waals surface area contributed by atoms with Crippen molar-refractivity contribution in [1.29, 1.82) is 0 Å². The highest BCUT2D eigenvalue weighted by atomic mass is 35.5. The van der Waals surface area contributed by atoms with Crippen LogP contribution in [0.5, 0.6) is 0 Å². The fourth-order valence-electron chi connectivity index (χ4n) is 2.33. The number of rotatable bonds is 4. The fraction of sp³-hybridized carbons (Fsp3) is 0. The number of fused-ring (bicyclic) bond motifs is 1. The van der Waals surface area contributed by atoms with E-state index in [0.717, 1.165) is 10.8 Å². The minimum Gasteiger partial charge on any atom is -0.361 e. The minimum absolute atomic E-state index is 0.0313. The van der Waals surface area contributed by atoms with Crippen LogP contribution in [0.4, 0.5) is 10.1 Å². The highest BCUT2D eigenvalue weighted by Gasteiger charge is 2.06. The molecule has 0 radical (unpaired) electrons. The Morgan fingerprint density at radius 3 is 2.65 bits per heavy atom. The highest BCUT2D eigenvalue weighted by molar-refractivity contribution is 6.31. The first-order valence-corrected chi connectivity index (χ1v) is 7.43. The van der Waals surface area contributed by atoms with E-state index in [1.165, 1.54) is 24.4 Å². The van der Waals surface area contributed by atoms with Gasteiger partial charge in [0.1, 0.15) is 5.82 Å². The molecule has 0 aromatic heterocycles. The van der Waals surface area contributed by atoms with Crippen LogP contribution in [0, 0.1) is 5.82 Å². The third-order valence-corrected chi connectivity index (χ3v) is 3.75. The van der Waals surface area contributed by atoms with Crippen LogP contribution in [0.25, 0.3) is 10.8 Å². The summed E-state index contributed by atoms with van der Waals surface area (Å²) in [6.07, 6.45) is 2.96. The van der Waals surface area contributed by atoms with Gasteiger partial charge in [-0.1, -0.05) is 54.1 Å². The molecule has 114 valence electrons. The second kappa shape index (κ2) is 6.63. The molecule has 1 N–H and O–H groups in total. The second-order valence-corrected chi connectivity index (χ2v) is 5.40. The molecular weight excluding hydrogens is 313 g/mol. The van der Waals surface area contributed by atoms with Crippen molar-refractivity contribution in [2.45, 2.75) is 0 Å². The lowest BCUT2D eigenvalue weighted by Gasteiger charge is -2.04. The van der Waals surface area contributed by atoms with Gasteiger partial charge in [0.2, 0.25) is 0 Å². The van der Waals surface area contributed by atoms with E-state index in [1.54, 1.807) is 12.1 Å². The van der Waals surface area contributed by atoms with Gasteiger partial charge in [-0.25, -0.2) is 4.39 Å². The molecule has 0 aliphatic carbocycles. The first-order chi connectivity index (χ1) is 11.1. The fourth-order valence-corrected chi connectivity index (χ4v) is 2.51. The molecule has 0 amide bonds. The maximum Gasteiger partial charge on any atom is 0.187 e. The lowest BCUT2D eigenvalue weighted by molar-refractivity contribution is 0.104. The number of carbonyl (C=O) groups is 1. The summed E-state index contributed by atoms with van der Waals surface area (Å²) < 4.78 is 13.1. The van der Waals surface area contributed by atoms with E-state index in [1.807, 2.05) is 36.4 Å². The van der Waals surface area contributed by atoms with Crippen LogP contribution < -0.4 is 5.32 Å². The lowest BCUT2D eigenvalue weighted by Crippen LogP contribution is -1.97. The average molecular weight is 326 g/mol. The van der Waals surface area contributed by atoms with E-state index >= 15 is 0 Å². The Bertz CT molecular complexity index is 900. The standard InChI is InChI=1S/C19H13ClFNO/c20-17-12-14(8-9-18(17)21)22-11-10-19(23)16-7-3-5-13-4-1-2-6-15(13)16/h1-12,22H/b11-10+. The van der Waals surface area contributed by atoms with Gasteiger partial charge in [-0.15, -0.1) is 0 Å². The van der Waals surface area contributed by atoms with Crippen molar-refractivity contribution in [2.75, 3.05) is 5.32 Å². The summed E-state index contributed by atoms with van der Waals surface area (Å²) in [5.74, 6) is -0.587. The average Bonchev–Trinajstić information content (AvgIpc) is 2.57. The van der Waals surface area contributed by atoms with Crippen molar-refractivity contribution in [3.05, 3.63) is 89.3 Å². The normalized spacial score (nSPS) is 11.0. The molecule has 3 rings (SSSR count). The van der Waals surface area contributed by atoms with Crippen LogP contribution in [0.3, 0.4) is 0 Å². The number of nitrogens with one attached hydrogen (secondary N) is 1. The third-order valence-electron chi connectivity index (χ3n) is 3.46. The largest absolute Gasteiger partial charge is 0.361 e. The van der Waals surface area contributed by atoms with Gasteiger partial charge in [0.25, 0.3) is 0 Å². The van der Waals surface area contributed by atoms with Crippen molar-refractivity contribution in [3.8, 4) is 0 Å². The first-order valence-electron chi connectivity index (χ1n) is 7.05. The number of carbonyl (C=O) groups excluding carboxylic acids is 1. The first kappa shape index (κ1) is 15.3. The van der Waals surface area contributed by atoms with Crippen molar-refractivity contribution in [3.63, 3.8) is 0 Å². The molecule has 3 aromatic carbocycles. The van der Waals surface area contributed by atoms with E-state index in [2.05, 4.69) is 5.32 Å². The maximum atomic E-state index is 13.1. The van der Waals surface area contributed by atoms with Crippen LogP contribution in [-0.2, 0) is 0 Å². The number of ketones is 1. The predicted molar refractivity (Wildman–Crippen MR) is 92.5 cm³/mol. The molecule has 0 atom stereocenters. The second-order valence-electron chi connectivity index (χ2n) is 5.00. The molecule has 0 saturated heterocycles. The highest BCUT2D eigenvalue weighted by Crippen LogP contribution is 2.20. The summed E-state index contributed by atoms with van der Waals surface area (Å²) in [5.41, 5.74) is 1.25. The lowest BCUT2D eigenvalue weighted by atomic mass is 10.0. The predicted octanol–water partition coefficient (Wildman–Crippen LogP) is 5.44. The van der Waals surface area contributed by atoms with Gasteiger partial charge >= 0.3 is 0 Å². The number of hydrogen-bond acceptors (Lipinski definition) is 2. The van der Waals surface area contributed by atoms with E-state index in [0.29, 0.717) is 11.3 Å². The van der Waals surface area contributed by atoms with Gasteiger partial charge in [0.05, 0.1) is 5.02 Å². The summed E-state index contributed by atoms with van der Waals surface area (Å²) in [5, 5.41) is 4.87. The van der Waals surface area contributed by atoms with E-state index in [-0.39, 0.29) is 10.8 Å². The van der Waals surface area contributed by atoms with E-state index < -0.39 is 5.82 Å². The third kappa shape index (κ3) is 3.41. The summed E-state index contributed by atoms with van der Waals surface area (Å²) in [7, 11) is 0. The van der Waals surface area contributed by atoms with Crippen molar-refractivity contribution in [1.82, 2.24) is 0 Å². The Morgan fingerprint density at radius 1 is 1.04 bits per heavy atom. The Labute approximate surface area is 138 Å². The van der Waals surface area contributed by atoms with Gasteiger partial charge in [0, 0.05) is 23.5 Å². The molecule has 0 bridgehead atoms. The molecule has 0 fully saturated rings. The maximum absolute atomic E-state index is 13.1. The Hall–Kier alpha value is -2.65. The van der Waals surface area contributed by atoms with Crippen LogP contribution in [0.15, 0.2) is 72.9 Å². The molecule has 0 heterocycles. The Balaban J connectivity index is 1.79. The zero-order valence-corrected chi connectivity index (χ0v) is 12.8. The van der Waals surface area contributed by atoms with Crippen LogP contribution in [-0.4, -0.2) is 5.78 Å². The van der Waals surface area contributed by atoms with Gasteiger partial charge in [-0.3, -0.25) is 4.79 Å². The van der Waals surface area contributed by atoms with Crippen LogP contribution in [0.2, 0.25) is 5.02 Å². The Kier molecular flexibility index (Phi) is 4.40. The van der Waals surface area contributed by atoms with Crippen molar-refractivity contribution < 1.29 is 9.18 Å². The molecule has 23 heavy (non-hydrogen) atoms. The molecular formula is C19H13ClFNO. The zero-order valence-electron chi connectivity index (χ0n) is 12.1. The zero-order chi connectivity index (χ0) is 16.2. The van der Waals surface area contributed by atoms with Gasteiger partial charge in [-0.2, -0.15) is 0 Å². The molecule has 3 aromatic rings. The summed E-state index contributed by atoms with van der Waals surface area (Å²) in [4.78, 5) is 12.4. The summed E-state index contributed by atoms with van der Waals surface area (Å²) in [6, 6.07) is 17.6. The van der Waals surface area contributed by atoms with Gasteiger partial charge < -0.3 is 5.32 Å². The number of hydrogen-bond donors (Lipinski definition) is 1. The monoisotopic (exact) mass is 325 g/mol. The molecule has 0 spiro atoms. The topological polar surface area (TPSA) is 29.1 Å². The number of anilines is 1. The number of allylic oxidation sites excluding steroid dienone is 1. The van der Waals surface area contributed by atoms with Crippen LogP contribution in [0.1, 0.15) is 10.4 Å². The quantitative estimate of drug-likeness (QED) is 0.511. The van der Waals surface area contributed by atoms with Gasteiger partial charge in [0.15, 0.2) is 5.78 Å². The Morgan fingerprint density at radius 2 is 1.83 bits per heavy atom. The molecule has 0 unspecified atom stereocenters. The minimum atomic E-state index is -0.479. The molecule has 2 nitrogen and oxygen atoms in total. The summed E-state index contributed by atoms with van der Waals surface area (Å²) in [6.45, 7) is 0. The number of halogens is 2. The molecule has 0 aliphatic rings. The smallest absolute Gasteiger partial charge is 0.187 e. The SMILES string of the molecule is O=C(/C=C/Nc1ccc(F)c(Cl)c1)c1cccc2ccccc12. The van der Waals surface area contributed by atoms with Crippen molar-refractivity contribution >= 4 is 33.8 Å². The van der Waals surface area contributed by atoms with Crippen LogP contribution >= 0.6 is 11.6 Å². The van der Waals surface area contributed by atoms with Gasteiger partial charge in [-0.05, 0) is 29.0 Å². The van der Waals surface area contributed by atoms with E-state index in [9.17, 15) is 9.18 Å². The molecule has 4 heteroatoms. The summed E-state index contributed by atoms with van der Waals surface area (Å²) >= 11 is 5.71. The molecule has 0 saturated carbocycles. The number of benzene rings is 3. The van der Waals surface area contributed by atoms with E-state index in [4.69, 9.17) is 11.6 Å².